The molecule has 0 aromatic heterocycles. The summed E-state index contributed by atoms with van der Waals surface area (Å²) in [7, 11) is 0. The number of rotatable bonds is 7. The molecule has 0 spiro atoms. The zero-order valence-electron chi connectivity index (χ0n) is 8.64. The molecule has 0 unspecified atom stereocenters. The van der Waals surface area contributed by atoms with Gasteiger partial charge in [-0.15, -0.1) is 0 Å². The first kappa shape index (κ1) is 14.7. The molecule has 1 amide bonds. The van der Waals surface area contributed by atoms with Crippen molar-refractivity contribution < 1.29 is 27.9 Å². The molecule has 0 bridgehead atoms. The number of nitrogens with one attached hydrogen (secondary N) is 1. The van der Waals surface area contributed by atoms with Gasteiger partial charge in [-0.1, -0.05) is 0 Å². The molecular weight excluding hydrogens is 227 g/mol. The maximum Gasteiger partial charge on any atom is 0.389 e. The van der Waals surface area contributed by atoms with Gasteiger partial charge in [0.15, 0.2) is 0 Å². The van der Waals surface area contributed by atoms with Crippen LogP contribution in [0.15, 0.2) is 0 Å². The van der Waals surface area contributed by atoms with E-state index in [0.717, 1.165) is 0 Å². The van der Waals surface area contributed by atoms with Gasteiger partial charge in [-0.3, -0.25) is 9.59 Å². The summed E-state index contributed by atoms with van der Waals surface area (Å²) in [6.45, 7) is -0.0363. The van der Waals surface area contributed by atoms with Crippen LogP contribution in [0.4, 0.5) is 13.2 Å². The Morgan fingerprint density at radius 2 is 1.75 bits per heavy atom. The van der Waals surface area contributed by atoms with Gasteiger partial charge in [0, 0.05) is 25.8 Å². The standard InChI is InChI=1S/C9H14F3NO3/c10-9(11,12)5-2-6-13-7(14)3-1-4-8(15)16/h1-6H2,(H,13,14)(H,15,16). The number of carboxylic acid groups (broad SMARTS) is 1. The number of aliphatic carboxylic acids is 1. The minimum atomic E-state index is -4.20. The van der Waals surface area contributed by atoms with Crippen molar-refractivity contribution >= 4 is 11.9 Å². The fourth-order valence-electron chi connectivity index (χ4n) is 1.01. The molecule has 0 fully saturated rings. The van der Waals surface area contributed by atoms with Crippen molar-refractivity contribution in [2.24, 2.45) is 0 Å². The Labute approximate surface area is 90.8 Å². The summed E-state index contributed by atoms with van der Waals surface area (Å²) in [6.07, 6.45) is -5.18. The van der Waals surface area contributed by atoms with E-state index < -0.39 is 24.5 Å². The lowest BCUT2D eigenvalue weighted by Gasteiger charge is -2.07. The second-order valence-corrected chi connectivity index (χ2v) is 3.32. The molecule has 0 aliphatic carbocycles. The summed E-state index contributed by atoms with van der Waals surface area (Å²) in [5, 5.41) is 10.6. The second kappa shape index (κ2) is 7.08. The van der Waals surface area contributed by atoms with Gasteiger partial charge in [-0.25, -0.2) is 0 Å². The van der Waals surface area contributed by atoms with Crippen LogP contribution in [0.5, 0.6) is 0 Å². The van der Waals surface area contributed by atoms with Crippen LogP contribution in [-0.4, -0.2) is 29.7 Å². The smallest absolute Gasteiger partial charge is 0.389 e. The number of amides is 1. The lowest BCUT2D eigenvalue weighted by Crippen LogP contribution is -2.25. The molecule has 0 heterocycles. The minimum absolute atomic E-state index is 0.0261. The van der Waals surface area contributed by atoms with Gasteiger partial charge in [0.2, 0.25) is 5.91 Å². The highest BCUT2D eigenvalue weighted by atomic mass is 19.4. The Kier molecular flexibility index (Phi) is 6.52. The lowest BCUT2D eigenvalue weighted by molar-refractivity contribution is -0.138. The molecule has 0 aliphatic rings. The van der Waals surface area contributed by atoms with E-state index >= 15 is 0 Å². The molecule has 0 aliphatic heterocycles. The Hall–Kier alpha value is -1.27. The average Bonchev–Trinajstić information content (AvgIpc) is 2.10. The molecule has 0 aromatic rings. The van der Waals surface area contributed by atoms with Crippen molar-refractivity contribution in [3.05, 3.63) is 0 Å². The Morgan fingerprint density at radius 1 is 1.12 bits per heavy atom. The Balaban J connectivity index is 3.41. The van der Waals surface area contributed by atoms with Gasteiger partial charge in [-0.05, 0) is 12.8 Å². The molecule has 0 aromatic carbocycles. The van der Waals surface area contributed by atoms with Gasteiger partial charge >= 0.3 is 12.1 Å². The molecule has 0 radical (unpaired) electrons. The predicted molar refractivity (Wildman–Crippen MR) is 49.8 cm³/mol. The van der Waals surface area contributed by atoms with Crippen LogP contribution in [0.25, 0.3) is 0 Å². The zero-order chi connectivity index (χ0) is 12.6. The van der Waals surface area contributed by atoms with E-state index in [1.165, 1.54) is 0 Å². The van der Waals surface area contributed by atoms with Crippen molar-refractivity contribution in [1.29, 1.82) is 0 Å². The Bertz CT molecular complexity index is 241. The SMILES string of the molecule is O=C(O)CCCC(=O)NCCCC(F)(F)F. The number of hydrogen-bond donors (Lipinski definition) is 2. The molecular formula is C9H14F3NO3. The molecule has 0 rings (SSSR count). The number of alkyl halides is 3. The van der Waals surface area contributed by atoms with Gasteiger partial charge in [0.25, 0.3) is 0 Å². The molecule has 0 saturated carbocycles. The van der Waals surface area contributed by atoms with E-state index in [2.05, 4.69) is 5.32 Å². The summed E-state index contributed by atoms with van der Waals surface area (Å²) in [5.74, 6) is -1.41. The number of carbonyl (C=O) groups excluding carboxylic acids is 1. The summed E-state index contributed by atoms with van der Waals surface area (Å²) in [4.78, 5) is 21.1. The van der Waals surface area contributed by atoms with Gasteiger partial charge in [-0.2, -0.15) is 13.2 Å². The number of hydrogen-bond acceptors (Lipinski definition) is 2. The number of carbonyl (C=O) groups is 2. The van der Waals surface area contributed by atoms with E-state index in [1.807, 2.05) is 0 Å². The third-order valence-corrected chi connectivity index (χ3v) is 1.75. The first-order chi connectivity index (χ1) is 7.31. The largest absolute Gasteiger partial charge is 0.481 e. The van der Waals surface area contributed by atoms with Crippen LogP contribution >= 0.6 is 0 Å². The van der Waals surface area contributed by atoms with E-state index in [4.69, 9.17) is 5.11 Å². The second-order valence-electron chi connectivity index (χ2n) is 3.32. The molecule has 0 atom stereocenters. The molecule has 2 N–H and O–H groups in total. The number of carboxylic acids is 1. The van der Waals surface area contributed by atoms with Crippen molar-refractivity contribution in [2.75, 3.05) is 6.54 Å². The Morgan fingerprint density at radius 3 is 2.25 bits per heavy atom. The zero-order valence-corrected chi connectivity index (χ0v) is 8.64. The van der Waals surface area contributed by atoms with E-state index in [0.29, 0.717) is 0 Å². The maximum absolute atomic E-state index is 11.7. The number of halogens is 3. The van der Waals surface area contributed by atoms with E-state index in [9.17, 15) is 22.8 Å². The lowest BCUT2D eigenvalue weighted by atomic mass is 10.2. The van der Waals surface area contributed by atoms with Gasteiger partial charge < -0.3 is 10.4 Å². The molecule has 0 saturated heterocycles. The molecule has 16 heavy (non-hydrogen) atoms. The van der Waals surface area contributed by atoms with Crippen molar-refractivity contribution in [3.63, 3.8) is 0 Å². The maximum atomic E-state index is 11.7. The summed E-state index contributed by atoms with van der Waals surface area (Å²) < 4.78 is 35.1. The minimum Gasteiger partial charge on any atom is -0.481 e. The van der Waals surface area contributed by atoms with Crippen molar-refractivity contribution in [3.8, 4) is 0 Å². The summed E-state index contributed by atoms with van der Waals surface area (Å²) in [6, 6.07) is 0. The van der Waals surface area contributed by atoms with Crippen molar-refractivity contribution in [2.45, 2.75) is 38.3 Å². The van der Waals surface area contributed by atoms with Gasteiger partial charge in [0.1, 0.15) is 0 Å². The monoisotopic (exact) mass is 241 g/mol. The highest BCUT2D eigenvalue weighted by Crippen LogP contribution is 2.20. The third-order valence-electron chi connectivity index (χ3n) is 1.75. The third kappa shape index (κ3) is 10.8. The topological polar surface area (TPSA) is 66.4 Å². The van der Waals surface area contributed by atoms with E-state index in [1.54, 1.807) is 0 Å². The van der Waals surface area contributed by atoms with Crippen LogP contribution in [0.2, 0.25) is 0 Å². The van der Waals surface area contributed by atoms with Crippen LogP contribution in [0.3, 0.4) is 0 Å². The highest BCUT2D eigenvalue weighted by Gasteiger charge is 2.25. The van der Waals surface area contributed by atoms with E-state index in [-0.39, 0.29) is 32.2 Å². The highest BCUT2D eigenvalue weighted by molar-refractivity contribution is 5.76. The predicted octanol–water partition coefficient (Wildman–Crippen LogP) is 1.70. The molecule has 94 valence electrons. The van der Waals surface area contributed by atoms with Gasteiger partial charge in [0.05, 0.1) is 0 Å². The first-order valence-corrected chi connectivity index (χ1v) is 4.86. The fraction of sp³-hybridized carbons (Fsp3) is 0.778. The normalized spacial score (nSPS) is 11.2. The van der Waals surface area contributed by atoms with Crippen LogP contribution < -0.4 is 5.32 Å². The van der Waals surface area contributed by atoms with Crippen LogP contribution in [0, 0.1) is 0 Å². The van der Waals surface area contributed by atoms with Crippen LogP contribution in [0.1, 0.15) is 32.1 Å². The van der Waals surface area contributed by atoms with Crippen molar-refractivity contribution in [1.82, 2.24) is 5.32 Å². The molecule has 7 heteroatoms. The molecule has 4 nitrogen and oxygen atoms in total. The summed E-state index contributed by atoms with van der Waals surface area (Å²) >= 11 is 0. The fourth-order valence-corrected chi connectivity index (χ4v) is 1.01. The first-order valence-electron chi connectivity index (χ1n) is 4.86. The van der Waals surface area contributed by atoms with Crippen LogP contribution in [-0.2, 0) is 9.59 Å². The quantitative estimate of drug-likeness (QED) is 0.667. The summed E-state index contributed by atoms with van der Waals surface area (Å²) in [5.41, 5.74) is 0. The average molecular weight is 241 g/mol.